The van der Waals surface area contributed by atoms with Gasteiger partial charge in [0, 0.05) is 35.5 Å². The molecule has 1 aliphatic carbocycles. The van der Waals surface area contributed by atoms with E-state index in [0.717, 1.165) is 10.7 Å². The van der Waals surface area contributed by atoms with Crippen molar-refractivity contribution in [2.24, 2.45) is 5.92 Å². The number of piperazine rings is 1. The number of nitrogens with one attached hydrogen (secondary N) is 1. The molecule has 0 aromatic heterocycles. The number of carbonyl (C=O) groups is 3. The zero-order valence-electron chi connectivity index (χ0n) is 21.8. The van der Waals surface area contributed by atoms with Gasteiger partial charge in [-0.15, -0.1) is 0 Å². The number of nitrogens with zero attached hydrogens (tertiary/aromatic N) is 3. The van der Waals surface area contributed by atoms with Crippen molar-refractivity contribution in [1.29, 1.82) is 0 Å². The second kappa shape index (κ2) is 12.0. The van der Waals surface area contributed by atoms with E-state index >= 15 is 0 Å². The standard InChI is InChI=1S/C27H28Cl3FN4O5S/c28-18-6-4-16(5-7-18)12-22-27(38)33(11-10-31)15-24-34(41(39,40)23-9-8-19(29)13-20(23)30)14-21(26(37)35(22)24)32-25(36)17-2-1-3-17/h4-9,13,17,21-22,24H,1-3,10-12,14-15H2,(H,32,36). The fourth-order valence-electron chi connectivity index (χ4n) is 5.47. The van der Waals surface area contributed by atoms with Gasteiger partial charge in [0.2, 0.25) is 27.7 Å². The van der Waals surface area contributed by atoms with Gasteiger partial charge in [-0.05, 0) is 48.7 Å². The predicted octanol–water partition coefficient (Wildman–Crippen LogP) is 3.51. The SMILES string of the molecule is O=C(NC1CN(S(=O)(=O)c2ccc(Cl)cc2Cl)C2CN(CCF)C(=O)C(Cc3ccc(Cl)cc3)N2C1=O)C1CCC1. The van der Waals surface area contributed by atoms with E-state index in [2.05, 4.69) is 5.32 Å². The van der Waals surface area contributed by atoms with Crippen LogP contribution in [0.15, 0.2) is 47.4 Å². The Hall–Kier alpha value is -2.44. The lowest BCUT2D eigenvalue weighted by Crippen LogP contribution is -2.76. The van der Waals surface area contributed by atoms with Crippen molar-refractivity contribution in [3.63, 3.8) is 0 Å². The lowest BCUT2D eigenvalue weighted by atomic mass is 9.84. The maximum Gasteiger partial charge on any atom is 0.248 e. The number of alkyl halides is 1. The van der Waals surface area contributed by atoms with E-state index in [1.165, 1.54) is 28.0 Å². The Morgan fingerprint density at radius 3 is 2.27 bits per heavy atom. The molecule has 9 nitrogen and oxygen atoms in total. The number of carbonyl (C=O) groups excluding carboxylic acids is 3. The molecule has 3 fully saturated rings. The zero-order valence-corrected chi connectivity index (χ0v) is 24.9. The fourth-order valence-corrected chi connectivity index (χ4v) is 7.93. The van der Waals surface area contributed by atoms with Gasteiger partial charge in [0.15, 0.2) is 0 Å². The molecule has 2 aliphatic heterocycles. The van der Waals surface area contributed by atoms with Crippen LogP contribution in [-0.2, 0) is 30.8 Å². The van der Waals surface area contributed by atoms with E-state index in [1.807, 2.05) is 0 Å². The number of hydrogen-bond donors (Lipinski definition) is 1. The molecule has 3 unspecified atom stereocenters. The number of rotatable bonds is 8. The third-order valence-electron chi connectivity index (χ3n) is 7.85. The number of halogens is 4. The molecule has 3 aliphatic rings. The second-order valence-corrected chi connectivity index (χ2v) is 13.5. The summed E-state index contributed by atoms with van der Waals surface area (Å²) in [7, 11) is -4.39. The van der Waals surface area contributed by atoms with Gasteiger partial charge in [0.25, 0.3) is 0 Å². The summed E-state index contributed by atoms with van der Waals surface area (Å²) in [5, 5.41) is 3.32. The van der Waals surface area contributed by atoms with Gasteiger partial charge in [-0.2, -0.15) is 4.31 Å². The molecule has 220 valence electrons. The first-order valence-electron chi connectivity index (χ1n) is 13.2. The summed E-state index contributed by atoms with van der Waals surface area (Å²) in [6.07, 6.45) is 1.11. The maximum absolute atomic E-state index is 14.1. The van der Waals surface area contributed by atoms with Gasteiger partial charge in [-0.25, -0.2) is 12.8 Å². The molecule has 2 saturated heterocycles. The number of fused-ring (bicyclic) bond motifs is 1. The monoisotopic (exact) mass is 644 g/mol. The van der Waals surface area contributed by atoms with E-state index in [1.54, 1.807) is 24.3 Å². The van der Waals surface area contributed by atoms with Crippen LogP contribution in [0.3, 0.4) is 0 Å². The maximum atomic E-state index is 14.1. The van der Waals surface area contributed by atoms with E-state index in [9.17, 15) is 27.2 Å². The second-order valence-electron chi connectivity index (χ2n) is 10.4. The van der Waals surface area contributed by atoms with Crippen LogP contribution in [0.4, 0.5) is 4.39 Å². The molecule has 0 radical (unpaired) electrons. The van der Waals surface area contributed by atoms with E-state index in [-0.39, 0.29) is 52.8 Å². The highest BCUT2D eigenvalue weighted by molar-refractivity contribution is 7.89. The van der Waals surface area contributed by atoms with Crippen LogP contribution in [-0.4, -0.2) is 84.8 Å². The van der Waals surface area contributed by atoms with Crippen molar-refractivity contribution in [3.8, 4) is 0 Å². The quantitative estimate of drug-likeness (QED) is 0.473. The molecular weight excluding hydrogens is 618 g/mol. The van der Waals surface area contributed by atoms with Crippen molar-refractivity contribution < 1.29 is 27.2 Å². The van der Waals surface area contributed by atoms with Crippen molar-refractivity contribution in [1.82, 2.24) is 19.4 Å². The third kappa shape index (κ3) is 5.92. The molecule has 3 amide bonds. The summed E-state index contributed by atoms with van der Waals surface area (Å²) in [5.74, 6) is -1.70. The molecule has 0 bridgehead atoms. The smallest absolute Gasteiger partial charge is 0.248 e. The lowest BCUT2D eigenvalue weighted by Gasteiger charge is -2.53. The molecule has 1 N–H and O–H groups in total. The van der Waals surface area contributed by atoms with Crippen LogP contribution < -0.4 is 5.32 Å². The zero-order chi connectivity index (χ0) is 29.5. The van der Waals surface area contributed by atoms with Crippen LogP contribution in [0, 0.1) is 5.92 Å². The van der Waals surface area contributed by atoms with E-state index in [4.69, 9.17) is 34.8 Å². The summed E-state index contributed by atoms with van der Waals surface area (Å²) in [5.41, 5.74) is 0.664. The largest absolute Gasteiger partial charge is 0.343 e. The average molecular weight is 646 g/mol. The van der Waals surface area contributed by atoms with E-state index in [0.29, 0.717) is 23.4 Å². The molecule has 14 heteroatoms. The van der Waals surface area contributed by atoms with Crippen LogP contribution in [0.25, 0.3) is 0 Å². The van der Waals surface area contributed by atoms with Gasteiger partial charge in [0.1, 0.15) is 29.8 Å². The minimum Gasteiger partial charge on any atom is -0.343 e. The molecule has 3 atom stereocenters. The van der Waals surface area contributed by atoms with Crippen molar-refractivity contribution >= 4 is 62.5 Å². The summed E-state index contributed by atoms with van der Waals surface area (Å²) in [6.45, 7) is -1.76. The Bertz CT molecular complexity index is 1460. The normalized spacial score (nSPS) is 23.8. The third-order valence-corrected chi connectivity index (χ3v) is 10.7. The first-order chi connectivity index (χ1) is 19.5. The van der Waals surface area contributed by atoms with Crippen LogP contribution >= 0.6 is 34.8 Å². The summed E-state index contributed by atoms with van der Waals surface area (Å²) >= 11 is 18.3. The Morgan fingerprint density at radius 1 is 0.976 bits per heavy atom. The van der Waals surface area contributed by atoms with Crippen LogP contribution in [0.2, 0.25) is 15.1 Å². The number of amides is 3. The predicted molar refractivity (Wildman–Crippen MR) is 152 cm³/mol. The Kier molecular flexibility index (Phi) is 8.82. The first kappa shape index (κ1) is 30.0. The van der Waals surface area contributed by atoms with Gasteiger partial charge in [-0.1, -0.05) is 53.4 Å². The Balaban J connectivity index is 1.58. The number of benzene rings is 2. The molecule has 2 aromatic carbocycles. The highest BCUT2D eigenvalue weighted by atomic mass is 35.5. The fraction of sp³-hybridized carbons (Fsp3) is 0.444. The number of hydrogen-bond acceptors (Lipinski definition) is 5. The molecule has 0 spiro atoms. The molecular formula is C27H28Cl3FN4O5S. The average Bonchev–Trinajstić information content (AvgIpc) is 2.88. The van der Waals surface area contributed by atoms with Gasteiger partial charge >= 0.3 is 0 Å². The molecule has 2 aromatic rings. The summed E-state index contributed by atoms with van der Waals surface area (Å²) in [4.78, 5) is 42.8. The molecule has 41 heavy (non-hydrogen) atoms. The summed E-state index contributed by atoms with van der Waals surface area (Å²) in [6, 6.07) is 8.22. The van der Waals surface area contributed by atoms with Crippen molar-refractivity contribution in [3.05, 3.63) is 63.1 Å². The Labute approximate surface area is 252 Å². The van der Waals surface area contributed by atoms with Crippen molar-refractivity contribution in [2.75, 3.05) is 26.3 Å². The lowest BCUT2D eigenvalue weighted by molar-refractivity contribution is -0.168. The Morgan fingerprint density at radius 2 is 1.66 bits per heavy atom. The molecule has 1 saturated carbocycles. The molecule has 2 heterocycles. The topological polar surface area (TPSA) is 107 Å². The van der Waals surface area contributed by atoms with Gasteiger partial charge in [0.05, 0.1) is 11.6 Å². The van der Waals surface area contributed by atoms with Crippen LogP contribution in [0.1, 0.15) is 24.8 Å². The highest BCUT2D eigenvalue weighted by Crippen LogP contribution is 2.35. The minimum atomic E-state index is -4.39. The van der Waals surface area contributed by atoms with Crippen molar-refractivity contribution in [2.45, 2.75) is 48.8 Å². The molecule has 5 rings (SSSR count). The van der Waals surface area contributed by atoms with Crippen LogP contribution in [0.5, 0.6) is 0 Å². The van der Waals surface area contributed by atoms with E-state index < -0.39 is 46.8 Å². The van der Waals surface area contributed by atoms with Gasteiger partial charge < -0.3 is 15.1 Å². The minimum absolute atomic E-state index is 0.0277. The van der Waals surface area contributed by atoms with Gasteiger partial charge in [-0.3, -0.25) is 14.4 Å². The summed E-state index contributed by atoms with van der Waals surface area (Å²) < 4.78 is 42.9. The highest BCUT2D eigenvalue weighted by Gasteiger charge is 2.54. The number of sulfonamides is 1. The first-order valence-corrected chi connectivity index (χ1v) is 15.8.